The molecule has 7 heteroatoms. The fourth-order valence-corrected chi connectivity index (χ4v) is 3.11. The van der Waals surface area contributed by atoms with Gasteiger partial charge in [-0.05, 0) is 45.4 Å². The van der Waals surface area contributed by atoms with Gasteiger partial charge in [-0.2, -0.15) is 0 Å². The molecule has 0 aliphatic carbocycles. The van der Waals surface area contributed by atoms with Gasteiger partial charge < -0.3 is 4.90 Å². The number of carbonyl (C=O) groups is 1. The van der Waals surface area contributed by atoms with Crippen LogP contribution in [0.5, 0.6) is 0 Å². The maximum Gasteiger partial charge on any atom is 0.254 e. The molecule has 0 aromatic heterocycles. The zero-order chi connectivity index (χ0) is 15.7. The van der Waals surface area contributed by atoms with Crippen molar-refractivity contribution < 1.29 is 13.2 Å². The van der Waals surface area contributed by atoms with Gasteiger partial charge in [-0.15, -0.1) is 0 Å². The largest absolute Gasteiger partial charge is 0.337 e. The van der Waals surface area contributed by atoms with Crippen molar-refractivity contribution >= 4 is 27.5 Å². The molecule has 0 saturated heterocycles. The molecule has 0 spiro atoms. The first-order valence-corrected chi connectivity index (χ1v) is 8.16. The summed E-state index contributed by atoms with van der Waals surface area (Å²) in [5.41, 5.74) is 0.771. The number of halogens is 1. The van der Waals surface area contributed by atoms with Crippen LogP contribution in [0.15, 0.2) is 17.0 Å². The Morgan fingerprint density at radius 1 is 1.40 bits per heavy atom. The summed E-state index contributed by atoms with van der Waals surface area (Å²) < 4.78 is 23.0. The van der Waals surface area contributed by atoms with Crippen LogP contribution in [0, 0.1) is 6.92 Å². The zero-order valence-corrected chi connectivity index (χ0v) is 13.5. The smallest absolute Gasteiger partial charge is 0.254 e. The minimum atomic E-state index is -3.97. The SMILES string of the molecule is CCN(C(=O)c1cc(C)c(Cl)c(S(N)(=O)=O)c1)C(C)C. The number of carbonyl (C=O) groups excluding carboxylic acids is 1. The highest BCUT2D eigenvalue weighted by molar-refractivity contribution is 7.89. The average Bonchev–Trinajstić information content (AvgIpc) is 2.31. The summed E-state index contributed by atoms with van der Waals surface area (Å²) in [5, 5.41) is 5.18. The van der Waals surface area contributed by atoms with Crippen LogP contribution in [0.1, 0.15) is 36.7 Å². The zero-order valence-electron chi connectivity index (χ0n) is 12.0. The van der Waals surface area contributed by atoms with Crippen LogP contribution in [0.25, 0.3) is 0 Å². The van der Waals surface area contributed by atoms with Crippen molar-refractivity contribution in [3.63, 3.8) is 0 Å². The highest BCUT2D eigenvalue weighted by Gasteiger charge is 2.22. The van der Waals surface area contributed by atoms with E-state index in [0.29, 0.717) is 12.1 Å². The number of amides is 1. The first-order chi connectivity index (χ1) is 9.09. The van der Waals surface area contributed by atoms with Crippen LogP contribution in [0.2, 0.25) is 5.02 Å². The predicted molar refractivity (Wildman–Crippen MR) is 79.4 cm³/mol. The summed E-state index contributed by atoms with van der Waals surface area (Å²) in [4.78, 5) is 13.8. The number of aryl methyl sites for hydroxylation is 1. The second-order valence-electron chi connectivity index (χ2n) is 4.84. The van der Waals surface area contributed by atoms with Crippen LogP contribution in [0.4, 0.5) is 0 Å². The molecule has 0 radical (unpaired) electrons. The molecule has 1 aromatic rings. The molecule has 0 fully saturated rings. The average molecular weight is 319 g/mol. The van der Waals surface area contributed by atoms with E-state index in [1.807, 2.05) is 20.8 Å². The van der Waals surface area contributed by atoms with Crippen LogP contribution in [-0.2, 0) is 10.0 Å². The second-order valence-corrected chi connectivity index (χ2v) is 6.74. The van der Waals surface area contributed by atoms with E-state index in [9.17, 15) is 13.2 Å². The van der Waals surface area contributed by atoms with Gasteiger partial charge >= 0.3 is 0 Å². The summed E-state index contributed by atoms with van der Waals surface area (Å²) in [6.45, 7) is 7.82. The van der Waals surface area contributed by atoms with Crippen molar-refractivity contribution in [1.29, 1.82) is 0 Å². The lowest BCUT2D eigenvalue weighted by molar-refractivity contribution is 0.0716. The molecule has 112 valence electrons. The van der Waals surface area contributed by atoms with Crippen molar-refractivity contribution in [2.75, 3.05) is 6.54 Å². The van der Waals surface area contributed by atoms with Crippen LogP contribution in [0.3, 0.4) is 0 Å². The predicted octanol–water partition coefficient (Wildman–Crippen LogP) is 2.17. The summed E-state index contributed by atoms with van der Waals surface area (Å²) in [7, 11) is -3.97. The summed E-state index contributed by atoms with van der Waals surface area (Å²) in [6.07, 6.45) is 0. The van der Waals surface area contributed by atoms with Gasteiger partial charge in [-0.3, -0.25) is 4.79 Å². The quantitative estimate of drug-likeness (QED) is 0.923. The Labute approximate surface area is 124 Å². The Balaban J connectivity index is 3.42. The molecule has 5 nitrogen and oxygen atoms in total. The fraction of sp³-hybridized carbons (Fsp3) is 0.462. The standard InChI is InChI=1S/C13H19ClN2O3S/c1-5-16(8(2)3)13(17)10-6-9(4)12(14)11(7-10)20(15,18)19/h6-8H,5H2,1-4H3,(H2,15,18,19). The third kappa shape index (κ3) is 3.50. The molecule has 0 aliphatic rings. The van der Waals surface area contributed by atoms with E-state index >= 15 is 0 Å². The number of sulfonamides is 1. The number of hydrogen-bond donors (Lipinski definition) is 1. The third-order valence-corrected chi connectivity index (χ3v) is 4.55. The number of nitrogens with zero attached hydrogens (tertiary/aromatic N) is 1. The Morgan fingerprint density at radius 2 is 1.95 bits per heavy atom. The lowest BCUT2D eigenvalue weighted by Gasteiger charge is -2.25. The Bertz CT molecular complexity index is 627. The molecule has 0 atom stereocenters. The molecule has 2 N–H and O–H groups in total. The van der Waals surface area contributed by atoms with Crippen LogP contribution in [-0.4, -0.2) is 31.8 Å². The maximum absolute atomic E-state index is 12.4. The Morgan fingerprint density at radius 3 is 2.35 bits per heavy atom. The van der Waals surface area contributed by atoms with Gasteiger partial charge in [0, 0.05) is 18.2 Å². The normalized spacial score (nSPS) is 11.8. The molecule has 1 rings (SSSR count). The van der Waals surface area contributed by atoms with Crippen molar-refractivity contribution in [3.05, 3.63) is 28.3 Å². The van der Waals surface area contributed by atoms with E-state index in [0.717, 1.165) is 0 Å². The van der Waals surface area contributed by atoms with E-state index in [2.05, 4.69) is 0 Å². The van der Waals surface area contributed by atoms with Crippen molar-refractivity contribution in [1.82, 2.24) is 4.90 Å². The molecule has 0 unspecified atom stereocenters. The first kappa shape index (κ1) is 16.9. The minimum absolute atomic E-state index is 0.0152. The summed E-state index contributed by atoms with van der Waals surface area (Å²) >= 11 is 5.95. The van der Waals surface area contributed by atoms with E-state index in [-0.39, 0.29) is 27.4 Å². The number of benzene rings is 1. The fourth-order valence-electron chi connectivity index (χ4n) is 1.98. The van der Waals surface area contributed by atoms with Crippen LogP contribution >= 0.6 is 11.6 Å². The topological polar surface area (TPSA) is 80.5 Å². The molecule has 0 bridgehead atoms. The molecule has 0 heterocycles. The molecule has 20 heavy (non-hydrogen) atoms. The third-order valence-electron chi connectivity index (χ3n) is 3.00. The van der Waals surface area contributed by atoms with Gasteiger partial charge in [0.15, 0.2) is 0 Å². The number of hydrogen-bond acceptors (Lipinski definition) is 3. The van der Waals surface area contributed by atoms with E-state index in [1.54, 1.807) is 17.9 Å². The number of rotatable bonds is 4. The number of nitrogens with two attached hydrogens (primary N) is 1. The van der Waals surface area contributed by atoms with E-state index in [1.165, 1.54) is 6.07 Å². The second kappa shape index (κ2) is 6.11. The Kier molecular flexibility index (Phi) is 5.18. The minimum Gasteiger partial charge on any atom is -0.337 e. The highest BCUT2D eigenvalue weighted by atomic mass is 35.5. The van der Waals surface area contributed by atoms with Crippen molar-refractivity contribution in [2.45, 2.75) is 38.6 Å². The molecule has 1 amide bonds. The van der Waals surface area contributed by atoms with E-state index < -0.39 is 10.0 Å². The van der Waals surface area contributed by atoms with Gasteiger partial charge in [-0.25, -0.2) is 13.6 Å². The molecule has 1 aromatic carbocycles. The van der Waals surface area contributed by atoms with Crippen molar-refractivity contribution in [2.24, 2.45) is 5.14 Å². The molecule has 0 aliphatic heterocycles. The lowest BCUT2D eigenvalue weighted by atomic mass is 10.1. The van der Waals surface area contributed by atoms with Gasteiger partial charge in [0.05, 0.1) is 5.02 Å². The van der Waals surface area contributed by atoms with Crippen molar-refractivity contribution in [3.8, 4) is 0 Å². The van der Waals surface area contributed by atoms with Gasteiger partial charge in [0.25, 0.3) is 5.91 Å². The molecular formula is C13H19ClN2O3S. The lowest BCUT2D eigenvalue weighted by Crippen LogP contribution is -2.36. The van der Waals surface area contributed by atoms with Gasteiger partial charge in [-0.1, -0.05) is 11.6 Å². The maximum atomic E-state index is 12.4. The highest BCUT2D eigenvalue weighted by Crippen LogP contribution is 2.26. The summed E-state index contributed by atoms with van der Waals surface area (Å²) in [6, 6.07) is 2.82. The van der Waals surface area contributed by atoms with Gasteiger partial charge in [0.2, 0.25) is 10.0 Å². The van der Waals surface area contributed by atoms with E-state index in [4.69, 9.17) is 16.7 Å². The summed E-state index contributed by atoms with van der Waals surface area (Å²) in [5.74, 6) is -0.243. The molecular weight excluding hydrogens is 300 g/mol. The first-order valence-electron chi connectivity index (χ1n) is 6.23. The number of primary sulfonamides is 1. The van der Waals surface area contributed by atoms with Crippen LogP contribution < -0.4 is 5.14 Å². The van der Waals surface area contributed by atoms with Gasteiger partial charge in [0.1, 0.15) is 4.90 Å². The monoisotopic (exact) mass is 318 g/mol. The Hall–Kier alpha value is -1.11. The molecule has 0 saturated carbocycles.